The third-order valence-corrected chi connectivity index (χ3v) is 1.41. The highest BCUT2D eigenvalue weighted by molar-refractivity contribution is 5.72. The van der Waals surface area contributed by atoms with E-state index in [9.17, 15) is 4.79 Å². The van der Waals surface area contributed by atoms with E-state index in [2.05, 4.69) is 5.32 Å². The summed E-state index contributed by atoms with van der Waals surface area (Å²) in [5, 5.41) is 2.63. The number of hydrogen-bond acceptors (Lipinski definition) is 3. The predicted octanol–water partition coefficient (Wildman–Crippen LogP) is -0.115. The molecule has 1 saturated heterocycles. The van der Waals surface area contributed by atoms with Crippen LogP contribution in [-0.4, -0.2) is 32.0 Å². The zero-order valence-corrected chi connectivity index (χ0v) is 6.63. The molecule has 0 aliphatic carbocycles. The maximum absolute atomic E-state index is 10.5. The summed E-state index contributed by atoms with van der Waals surface area (Å²) >= 11 is 0. The molecule has 4 heteroatoms. The highest BCUT2D eigenvalue weighted by Gasteiger charge is 2.13. The van der Waals surface area contributed by atoms with Crippen molar-refractivity contribution in [1.29, 1.82) is 0 Å². The molecule has 0 radical (unpaired) electrons. The van der Waals surface area contributed by atoms with Gasteiger partial charge in [-0.25, -0.2) is 0 Å². The summed E-state index contributed by atoms with van der Waals surface area (Å²) in [5.74, 6) is -0.0530. The van der Waals surface area contributed by atoms with Crippen LogP contribution in [0.15, 0.2) is 0 Å². The summed E-state index contributed by atoms with van der Waals surface area (Å²) in [7, 11) is 0. The standard InChI is InChI=1S/C7H13NO3/c1-6(9)8-5-7-10-3-2-4-11-7/h7H,2-5H2,1H3,(H,8,9). The second kappa shape index (κ2) is 4.31. The number of rotatable bonds is 2. The van der Waals surface area contributed by atoms with Crippen molar-refractivity contribution in [2.24, 2.45) is 0 Å². The Morgan fingerprint density at radius 2 is 2.18 bits per heavy atom. The van der Waals surface area contributed by atoms with Crippen molar-refractivity contribution >= 4 is 5.91 Å². The Morgan fingerprint density at radius 1 is 1.55 bits per heavy atom. The smallest absolute Gasteiger partial charge is 0.217 e. The summed E-state index contributed by atoms with van der Waals surface area (Å²) in [4.78, 5) is 10.5. The van der Waals surface area contributed by atoms with Crippen molar-refractivity contribution in [3.63, 3.8) is 0 Å². The van der Waals surface area contributed by atoms with E-state index in [1.54, 1.807) is 0 Å². The van der Waals surface area contributed by atoms with Gasteiger partial charge in [-0.3, -0.25) is 4.79 Å². The molecule has 1 amide bonds. The molecule has 4 nitrogen and oxygen atoms in total. The molecule has 1 aliphatic rings. The molecule has 11 heavy (non-hydrogen) atoms. The first-order valence-electron chi connectivity index (χ1n) is 3.76. The van der Waals surface area contributed by atoms with E-state index in [-0.39, 0.29) is 12.2 Å². The highest BCUT2D eigenvalue weighted by Crippen LogP contribution is 2.02. The molecule has 0 aromatic carbocycles. The van der Waals surface area contributed by atoms with Crippen LogP contribution in [0.25, 0.3) is 0 Å². The largest absolute Gasteiger partial charge is 0.351 e. The summed E-state index contributed by atoms with van der Waals surface area (Å²) in [6, 6.07) is 0. The van der Waals surface area contributed by atoms with Crippen LogP contribution in [0.5, 0.6) is 0 Å². The van der Waals surface area contributed by atoms with Crippen molar-refractivity contribution in [2.45, 2.75) is 19.6 Å². The highest BCUT2D eigenvalue weighted by atomic mass is 16.7. The van der Waals surface area contributed by atoms with Crippen LogP contribution in [0.2, 0.25) is 0 Å². The monoisotopic (exact) mass is 159 g/mol. The average molecular weight is 159 g/mol. The van der Waals surface area contributed by atoms with Gasteiger partial charge in [0.15, 0.2) is 6.29 Å². The van der Waals surface area contributed by atoms with Gasteiger partial charge in [0, 0.05) is 6.92 Å². The van der Waals surface area contributed by atoms with E-state index in [1.165, 1.54) is 6.92 Å². The fourth-order valence-electron chi connectivity index (χ4n) is 0.882. The van der Waals surface area contributed by atoms with E-state index in [4.69, 9.17) is 9.47 Å². The molecule has 1 N–H and O–H groups in total. The maximum Gasteiger partial charge on any atom is 0.217 e. The lowest BCUT2D eigenvalue weighted by atomic mass is 10.4. The number of amides is 1. The zero-order valence-electron chi connectivity index (χ0n) is 6.63. The zero-order chi connectivity index (χ0) is 8.10. The van der Waals surface area contributed by atoms with Gasteiger partial charge in [0.05, 0.1) is 19.8 Å². The summed E-state index contributed by atoms with van der Waals surface area (Å²) < 4.78 is 10.4. The molecule has 1 heterocycles. The van der Waals surface area contributed by atoms with Gasteiger partial charge < -0.3 is 14.8 Å². The minimum absolute atomic E-state index is 0.0530. The van der Waals surface area contributed by atoms with Crippen LogP contribution in [0.4, 0.5) is 0 Å². The number of nitrogens with one attached hydrogen (secondary N) is 1. The molecule has 0 atom stereocenters. The lowest BCUT2D eigenvalue weighted by molar-refractivity contribution is -0.176. The second-order valence-electron chi connectivity index (χ2n) is 2.46. The van der Waals surface area contributed by atoms with Crippen LogP contribution >= 0.6 is 0 Å². The molecule has 0 spiro atoms. The Balaban J connectivity index is 2.09. The Labute approximate surface area is 65.9 Å². The van der Waals surface area contributed by atoms with Gasteiger partial charge >= 0.3 is 0 Å². The van der Waals surface area contributed by atoms with E-state index in [0.29, 0.717) is 6.54 Å². The number of hydrogen-bond donors (Lipinski definition) is 1. The summed E-state index contributed by atoms with van der Waals surface area (Å²) in [5.41, 5.74) is 0. The molecule has 0 unspecified atom stereocenters. The van der Waals surface area contributed by atoms with Crippen molar-refractivity contribution in [3.05, 3.63) is 0 Å². The lowest BCUT2D eigenvalue weighted by Crippen LogP contribution is -2.36. The summed E-state index contributed by atoms with van der Waals surface area (Å²) in [6.45, 7) is 3.38. The molecule has 1 rings (SSSR count). The first-order chi connectivity index (χ1) is 5.29. The fraction of sp³-hybridized carbons (Fsp3) is 0.857. The van der Waals surface area contributed by atoms with Gasteiger partial charge in [0.1, 0.15) is 0 Å². The lowest BCUT2D eigenvalue weighted by Gasteiger charge is -2.22. The minimum Gasteiger partial charge on any atom is -0.351 e. The van der Waals surface area contributed by atoms with E-state index < -0.39 is 0 Å². The van der Waals surface area contributed by atoms with E-state index in [1.807, 2.05) is 0 Å². The van der Waals surface area contributed by atoms with E-state index >= 15 is 0 Å². The van der Waals surface area contributed by atoms with Crippen LogP contribution in [0, 0.1) is 0 Å². The number of carbonyl (C=O) groups excluding carboxylic acids is 1. The molecular weight excluding hydrogens is 146 g/mol. The van der Waals surface area contributed by atoms with Crippen molar-refractivity contribution in [3.8, 4) is 0 Å². The molecule has 0 bridgehead atoms. The average Bonchev–Trinajstić information content (AvgIpc) is 2.03. The first kappa shape index (κ1) is 8.49. The summed E-state index contributed by atoms with van der Waals surface area (Å²) in [6.07, 6.45) is 0.698. The number of carbonyl (C=O) groups is 1. The van der Waals surface area contributed by atoms with Gasteiger partial charge in [-0.05, 0) is 6.42 Å². The van der Waals surface area contributed by atoms with E-state index in [0.717, 1.165) is 19.6 Å². The third kappa shape index (κ3) is 3.34. The van der Waals surface area contributed by atoms with Crippen molar-refractivity contribution in [2.75, 3.05) is 19.8 Å². The first-order valence-corrected chi connectivity index (χ1v) is 3.76. The molecular formula is C7H13NO3. The van der Waals surface area contributed by atoms with Crippen LogP contribution in [0.1, 0.15) is 13.3 Å². The molecule has 64 valence electrons. The predicted molar refractivity (Wildman–Crippen MR) is 39.0 cm³/mol. The van der Waals surface area contributed by atoms with Crippen LogP contribution < -0.4 is 5.32 Å². The second-order valence-corrected chi connectivity index (χ2v) is 2.46. The van der Waals surface area contributed by atoms with Gasteiger partial charge in [-0.2, -0.15) is 0 Å². The molecule has 0 aromatic heterocycles. The third-order valence-electron chi connectivity index (χ3n) is 1.41. The van der Waals surface area contributed by atoms with Gasteiger partial charge in [0.2, 0.25) is 5.91 Å². The SMILES string of the molecule is CC(=O)NCC1OCCCO1. The Morgan fingerprint density at radius 3 is 2.73 bits per heavy atom. The molecule has 1 fully saturated rings. The van der Waals surface area contributed by atoms with Crippen molar-refractivity contribution < 1.29 is 14.3 Å². The van der Waals surface area contributed by atoms with Crippen LogP contribution in [0.3, 0.4) is 0 Å². The van der Waals surface area contributed by atoms with Gasteiger partial charge in [0.25, 0.3) is 0 Å². The number of ether oxygens (including phenoxy) is 2. The van der Waals surface area contributed by atoms with Crippen molar-refractivity contribution in [1.82, 2.24) is 5.32 Å². The topological polar surface area (TPSA) is 47.6 Å². The Bertz CT molecular complexity index is 132. The Hall–Kier alpha value is -0.610. The normalized spacial score (nSPS) is 19.7. The Kier molecular flexibility index (Phi) is 3.32. The fourth-order valence-corrected chi connectivity index (χ4v) is 0.882. The molecule has 0 aromatic rings. The minimum atomic E-state index is -0.243. The quantitative estimate of drug-likeness (QED) is 0.611. The van der Waals surface area contributed by atoms with Crippen LogP contribution in [-0.2, 0) is 14.3 Å². The van der Waals surface area contributed by atoms with Gasteiger partial charge in [-0.15, -0.1) is 0 Å². The molecule has 0 saturated carbocycles. The maximum atomic E-state index is 10.5. The van der Waals surface area contributed by atoms with Gasteiger partial charge in [-0.1, -0.05) is 0 Å². The molecule has 1 aliphatic heterocycles.